The molecule has 1 unspecified atom stereocenters. The Morgan fingerprint density at radius 2 is 1.82 bits per heavy atom. The van der Waals surface area contributed by atoms with Gasteiger partial charge >= 0.3 is 5.92 Å². The average molecular weight is 618 g/mol. The second-order valence-electron chi connectivity index (χ2n) is 10.5. The first kappa shape index (κ1) is 27.4. The number of thiazole rings is 1. The van der Waals surface area contributed by atoms with Gasteiger partial charge in [0.05, 0.1) is 27.7 Å². The van der Waals surface area contributed by atoms with E-state index in [2.05, 4.69) is 15.2 Å². The lowest BCUT2D eigenvalue weighted by atomic mass is 9.70. The van der Waals surface area contributed by atoms with Crippen LogP contribution in [0.3, 0.4) is 0 Å². The predicted molar refractivity (Wildman–Crippen MR) is 136 cm³/mol. The molecule has 0 N–H and O–H groups in total. The minimum absolute atomic E-state index is 0.0594. The van der Waals surface area contributed by atoms with Gasteiger partial charge in [0.1, 0.15) is 10.8 Å². The van der Waals surface area contributed by atoms with Crippen molar-refractivity contribution in [2.24, 2.45) is 11.3 Å². The molecule has 6 rings (SSSR count). The summed E-state index contributed by atoms with van der Waals surface area (Å²) in [5, 5.41) is 7.66. The number of halogens is 6. The topological polar surface area (TPSA) is 92.4 Å². The SMILES string of the molecule is O=C(c1cncs1)N1CC(c2nnc(C(F)(F)c3ccc(Cl)c(Cl)c3)o2)C2(CCN(C(=O)[C@H]3CC3(F)F)CC2)C1. The van der Waals surface area contributed by atoms with Crippen molar-refractivity contribution < 1.29 is 31.6 Å². The summed E-state index contributed by atoms with van der Waals surface area (Å²) in [7, 11) is 0. The van der Waals surface area contributed by atoms with E-state index in [1.54, 1.807) is 4.90 Å². The number of benzene rings is 1. The van der Waals surface area contributed by atoms with Crippen LogP contribution in [0.25, 0.3) is 0 Å². The molecular weight excluding hydrogens is 597 g/mol. The maximum absolute atomic E-state index is 15.3. The molecule has 4 heterocycles. The third-order valence-electron chi connectivity index (χ3n) is 8.06. The Hall–Kier alpha value is -2.77. The summed E-state index contributed by atoms with van der Waals surface area (Å²) >= 11 is 13.0. The second-order valence-corrected chi connectivity index (χ2v) is 12.2. The zero-order chi connectivity index (χ0) is 28.4. The van der Waals surface area contributed by atoms with Gasteiger partial charge in [-0.1, -0.05) is 29.3 Å². The van der Waals surface area contributed by atoms with E-state index in [0.29, 0.717) is 17.7 Å². The average Bonchev–Trinajstić information content (AvgIpc) is 3.44. The standard InChI is InChI=1S/C25H21Cl2F4N5O3S/c26-16-2-1-13(7-17(16)27)25(30,31)22-34-33-19(39-22)15-10-36(21(38)18-9-32-12-40-18)11-23(15)3-5-35(6-4-23)20(37)14-8-24(14,28)29/h1-2,7,9,12,14-15H,3-6,8,10-11H2/t14-,15?/m1/s1. The largest absolute Gasteiger partial charge is 0.419 e. The van der Waals surface area contributed by atoms with Crippen molar-refractivity contribution in [3.05, 3.63) is 62.2 Å². The highest BCUT2D eigenvalue weighted by atomic mass is 35.5. The quantitative estimate of drug-likeness (QED) is 0.352. The lowest BCUT2D eigenvalue weighted by molar-refractivity contribution is -0.137. The maximum atomic E-state index is 15.3. The van der Waals surface area contributed by atoms with Crippen LogP contribution in [0.4, 0.5) is 17.6 Å². The molecule has 3 fully saturated rings. The third-order valence-corrected chi connectivity index (χ3v) is 9.56. The monoisotopic (exact) mass is 617 g/mol. The van der Waals surface area contributed by atoms with Gasteiger partial charge in [-0.2, -0.15) is 8.78 Å². The van der Waals surface area contributed by atoms with Gasteiger partial charge in [0.2, 0.25) is 11.8 Å². The Bertz CT molecular complexity index is 1460. The molecule has 2 amide bonds. The number of aromatic nitrogens is 3. The molecule has 15 heteroatoms. The summed E-state index contributed by atoms with van der Waals surface area (Å²) in [5.41, 5.74) is 0.360. The number of nitrogens with zero attached hydrogens (tertiary/aromatic N) is 5. The van der Waals surface area contributed by atoms with Crippen LogP contribution < -0.4 is 0 Å². The fraction of sp³-hybridized carbons (Fsp3) is 0.480. The van der Waals surface area contributed by atoms with Crippen LogP contribution >= 0.6 is 34.5 Å². The van der Waals surface area contributed by atoms with E-state index in [1.807, 2.05) is 0 Å². The molecule has 1 aromatic carbocycles. The van der Waals surface area contributed by atoms with E-state index in [1.165, 1.54) is 34.0 Å². The van der Waals surface area contributed by atoms with E-state index in [4.69, 9.17) is 27.6 Å². The number of carbonyl (C=O) groups excluding carboxylic acids is 2. The van der Waals surface area contributed by atoms with Gasteiger partial charge in [0.15, 0.2) is 0 Å². The summed E-state index contributed by atoms with van der Waals surface area (Å²) in [6, 6.07) is 3.38. The smallest absolute Gasteiger partial charge is 0.349 e. The molecule has 2 aliphatic heterocycles. The highest BCUT2D eigenvalue weighted by Crippen LogP contribution is 2.53. The van der Waals surface area contributed by atoms with Crippen LogP contribution in [-0.4, -0.2) is 68.9 Å². The number of rotatable bonds is 5. The molecule has 1 saturated carbocycles. The summed E-state index contributed by atoms with van der Waals surface area (Å²) in [5.74, 6) is -10.4. The Morgan fingerprint density at radius 1 is 1.10 bits per heavy atom. The second kappa shape index (κ2) is 9.66. The molecule has 0 bridgehead atoms. The molecule has 2 saturated heterocycles. The van der Waals surface area contributed by atoms with E-state index >= 15 is 8.78 Å². The molecule has 2 atom stereocenters. The molecule has 1 aliphatic carbocycles. The Labute approximate surface area is 239 Å². The van der Waals surface area contributed by atoms with E-state index < -0.39 is 52.9 Å². The molecule has 40 heavy (non-hydrogen) atoms. The van der Waals surface area contributed by atoms with Crippen molar-refractivity contribution >= 4 is 46.4 Å². The van der Waals surface area contributed by atoms with Gasteiger partial charge in [0, 0.05) is 43.6 Å². The van der Waals surface area contributed by atoms with Crippen molar-refractivity contribution in [1.29, 1.82) is 0 Å². The highest BCUT2D eigenvalue weighted by molar-refractivity contribution is 7.11. The van der Waals surface area contributed by atoms with Crippen LogP contribution in [-0.2, 0) is 10.7 Å². The molecule has 1 spiro atoms. The number of likely N-dealkylation sites (tertiary alicyclic amines) is 2. The number of piperidine rings is 1. The first-order chi connectivity index (χ1) is 18.9. The number of hydrogen-bond donors (Lipinski definition) is 0. The van der Waals surface area contributed by atoms with Crippen LogP contribution in [0, 0.1) is 11.3 Å². The molecule has 212 valence electrons. The van der Waals surface area contributed by atoms with Crippen molar-refractivity contribution in [3.8, 4) is 0 Å². The maximum Gasteiger partial charge on any atom is 0.349 e. The number of amides is 2. The Morgan fingerprint density at radius 3 is 2.45 bits per heavy atom. The Balaban J connectivity index is 1.28. The fourth-order valence-corrected chi connectivity index (χ4v) is 6.52. The van der Waals surface area contributed by atoms with Gasteiger partial charge in [-0.25, -0.2) is 8.78 Å². The van der Waals surface area contributed by atoms with Crippen molar-refractivity contribution in [2.75, 3.05) is 26.2 Å². The lowest BCUT2D eigenvalue weighted by Gasteiger charge is -2.41. The molecule has 3 aliphatic rings. The summed E-state index contributed by atoms with van der Waals surface area (Å²) in [6.45, 7) is 0.734. The van der Waals surface area contributed by atoms with E-state index in [9.17, 15) is 18.4 Å². The number of hydrogen-bond acceptors (Lipinski definition) is 7. The van der Waals surface area contributed by atoms with Gasteiger partial charge in [-0.15, -0.1) is 21.5 Å². The van der Waals surface area contributed by atoms with E-state index in [-0.39, 0.29) is 48.0 Å². The summed E-state index contributed by atoms with van der Waals surface area (Å²) < 4.78 is 63.3. The van der Waals surface area contributed by atoms with Crippen LogP contribution in [0.5, 0.6) is 0 Å². The zero-order valence-electron chi connectivity index (χ0n) is 20.6. The van der Waals surface area contributed by atoms with Gasteiger partial charge in [0.25, 0.3) is 17.7 Å². The minimum Gasteiger partial charge on any atom is -0.419 e. The van der Waals surface area contributed by atoms with Crippen LogP contribution in [0.15, 0.2) is 34.3 Å². The molecule has 8 nitrogen and oxygen atoms in total. The Kier molecular flexibility index (Phi) is 6.62. The van der Waals surface area contributed by atoms with Crippen molar-refractivity contribution in [1.82, 2.24) is 25.0 Å². The summed E-state index contributed by atoms with van der Waals surface area (Å²) in [4.78, 5) is 33.2. The molecular formula is C25H21Cl2F4N5O3S. The predicted octanol–water partition coefficient (Wildman–Crippen LogP) is 5.48. The highest BCUT2D eigenvalue weighted by Gasteiger charge is 2.63. The van der Waals surface area contributed by atoms with Crippen LogP contribution in [0.2, 0.25) is 10.0 Å². The minimum atomic E-state index is -3.67. The summed E-state index contributed by atoms with van der Waals surface area (Å²) in [6.07, 6.45) is 1.68. The molecule has 3 aromatic rings. The van der Waals surface area contributed by atoms with Gasteiger partial charge in [-0.05, 0) is 25.0 Å². The van der Waals surface area contributed by atoms with Crippen LogP contribution in [0.1, 0.15) is 52.2 Å². The number of carbonyl (C=O) groups is 2. The van der Waals surface area contributed by atoms with Gasteiger partial charge in [-0.3, -0.25) is 14.6 Å². The lowest BCUT2D eigenvalue weighted by Crippen LogP contribution is -2.47. The normalized spacial score (nSPS) is 23.6. The molecule has 2 aromatic heterocycles. The van der Waals surface area contributed by atoms with Crippen molar-refractivity contribution in [3.63, 3.8) is 0 Å². The third kappa shape index (κ3) is 4.65. The first-order valence-corrected chi connectivity index (χ1v) is 14.1. The fourth-order valence-electron chi connectivity index (χ4n) is 5.64. The van der Waals surface area contributed by atoms with Gasteiger partial charge < -0.3 is 14.2 Å². The number of alkyl halides is 4. The van der Waals surface area contributed by atoms with Crippen molar-refractivity contribution in [2.45, 2.75) is 37.0 Å². The zero-order valence-corrected chi connectivity index (χ0v) is 23.0. The first-order valence-electron chi connectivity index (χ1n) is 12.4. The molecule has 0 radical (unpaired) electrons. The van der Waals surface area contributed by atoms with E-state index in [0.717, 1.165) is 12.1 Å².